The first-order valence-electron chi connectivity index (χ1n) is 8.45. The predicted molar refractivity (Wildman–Crippen MR) is 91.9 cm³/mol. The van der Waals surface area contributed by atoms with Gasteiger partial charge in [0.1, 0.15) is 5.75 Å². The van der Waals surface area contributed by atoms with Gasteiger partial charge in [-0.2, -0.15) is 10.1 Å². The van der Waals surface area contributed by atoms with E-state index in [1.54, 1.807) is 13.3 Å². The van der Waals surface area contributed by atoms with Gasteiger partial charge >= 0.3 is 0 Å². The van der Waals surface area contributed by atoms with Crippen molar-refractivity contribution in [2.75, 3.05) is 7.11 Å². The maximum atomic E-state index is 6.39. The Labute approximate surface area is 145 Å². The Kier molecular flexibility index (Phi) is 4.01. The van der Waals surface area contributed by atoms with Crippen LogP contribution in [0.4, 0.5) is 0 Å². The Hall–Kier alpha value is -2.67. The topological polar surface area (TPSA) is 92.0 Å². The summed E-state index contributed by atoms with van der Waals surface area (Å²) in [6.07, 6.45) is 7.67. The molecule has 2 N–H and O–H groups in total. The molecule has 0 saturated heterocycles. The van der Waals surface area contributed by atoms with E-state index >= 15 is 0 Å². The van der Waals surface area contributed by atoms with Crippen molar-refractivity contribution in [1.82, 2.24) is 19.9 Å². The van der Waals surface area contributed by atoms with Crippen LogP contribution in [0.2, 0.25) is 0 Å². The van der Waals surface area contributed by atoms with Crippen LogP contribution in [0.25, 0.3) is 11.5 Å². The van der Waals surface area contributed by atoms with E-state index in [0.717, 1.165) is 42.6 Å². The minimum absolute atomic E-state index is 0.444. The summed E-state index contributed by atoms with van der Waals surface area (Å²) in [5.74, 6) is 1.90. The van der Waals surface area contributed by atoms with Gasteiger partial charge in [-0.05, 0) is 30.5 Å². The molecule has 7 heteroatoms. The zero-order valence-corrected chi connectivity index (χ0v) is 14.2. The number of nitrogens with two attached hydrogens (primary N) is 1. The molecule has 1 aliphatic rings. The Morgan fingerprint density at radius 2 is 2.00 bits per heavy atom. The van der Waals surface area contributed by atoms with E-state index in [0.29, 0.717) is 18.3 Å². The lowest BCUT2D eigenvalue weighted by molar-refractivity contribution is 0.372. The molecule has 0 radical (unpaired) electrons. The number of nitrogens with zero attached hydrogens (tertiary/aromatic N) is 4. The number of rotatable bonds is 5. The third kappa shape index (κ3) is 3.15. The van der Waals surface area contributed by atoms with Crippen molar-refractivity contribution >= 4 is 0 Å². The molecule has 1 aromatic carbocycles. The van der Waals surface area contributed by atoms with Crippen molar-refractivity contribution in [1.29, 1.82) is 0 Å². The molecule has 130 valence electrons. The quantitative estimate of drug-likeness (QED) is 0.768. The van der Waals surface area contributed by atoms with Crippen LogP contribution in [0, 0.1) is 0 Å². The molecule has 2 aromatic heterocycles. The SMILES string of the molecule is COc1ccc(Cn2cc(-c3nc(C4(N)CCCC4)no3)cn2)cc1. The minimum atomic E-state index is -0.444. The van der Waals surface area contributed by atoms with Crippen molar-refractivity contribution in [3.63, 3.8) is 0 Å². The van der Waals surface area contributed by atoms with Gasteiger partial charge in [0, 0.05) is 6.20 Å². The highest BCUT2D eigenvalue weighted by Crippen LogP contribution is 2.35. The lowest BCUT2D eigenvalue weighted by Crippen LogP contribution is -2.34. The summed E-state index contributed by atoms with van der Waals surface area (Å²) < 4.78 is 12.4. The number of benzene rings is 1. The molecule has 0 amide bonds. The molecule has 1 aliphatic carbocycles. The molecule has 0 unspecified atom stereocenters. The van der Waals surface area contributed by atoms with E-state index in [1.807, 2.05) is 35.1 Å². The van der Waals surface area contributed by atoms with Crippen molar-refractivity contribution < 1.29 is 9.26 Å². The van der Waals surface area contributed by atoms with Gasteiger partial charge in [-0.15, -0.1) is 0 Å². The van der Waals surface area contributed by atoms with Gasteiger partial charge in [-0.25, -0.2) is 0 Å². The second-order valence-electron chi connectivity index (χ2n) is 6.56. The van der Waals surface area contributed by atoms with Gasteiger partial charge in [0.15, 0.2) is 5.82 Å². The number of hydrogen-bond donors (Lipinski definition) is 1. The first-order chi connectivity index (χ1) is 12.2. The van der Waals surface area contributed by atoms with E-state index in [4.69, 9.17) is 15.0 Å². The lowest BCUT2D eigenvalue weighted by atomic mass is 9.99. The highest BCUT2D eigenvalue weighted by Gasteiger charge is 2.36. The number of methoxy groups -OCH3 is 1. The van der Waals surface area contributed by atoms with Gasteiger partial charge < -0.3 is 15.0 Å². The van der Waals surface area contributed by atoms with Gasteiger partial charge in [-0.3, -0.25) is 4.68 Å². The van der Waals surface area contributed by atoms with Crippen LogP contribution < -0.4 is 10.5 Å². The van der Waals surface area contributed by atoms with Gasteiger partial charge in [0.05, 0.1) is 31.0 Å². The molecule has 2 heterocycles. The number of ether oxygens (including phenoxy) is 1. The minimum Gasteiger partial charge on any atom is -0.497 e. The summed E-state index contributed by atoms with van der Waals surface area (Å²) in [4.78, 5) is 4.50. The highest BCUT2D eigenvalue weighted by atomic mass is 16.5. The normalized spacial score (nSPS) is 16.2. The second kappa shape index (κ2) is 6.33. The van der Waals surface area contributed by atoms with Crippen molar-refractivity contribution in [2.24, 2.45) is 5.73 Å². The summed E-state index contributed by atoms with van der Waals surface area (Å²) in [5.41, 5.74) is 7.88. The van der Waals surface area contributed by atoms with E-state index in [9.17, 15) is 0 Å². The van der Waals surface area contributed by atoms with Crippen LogP contribution in [-0.2, 0) is 12.1 Å². The molecule has 0 atom stereocenters. The summed E-state index contributed by atoms with van der Waals surface area (Å²) in [6, 6.07) is 7.91. The summed E-state index contributed by atoms with van der Waals surface area (Å²) in [5, 5.41) is 8.48. The average molecular weight is 339 g/mol. The Morgan fingerprint density at radius 3 is 2.72 bits per heavy atom. The Morgan fingerprint density at radius 1 is 1.24 bits per heavy atom. The van der Waals surface area contributed by atoms with Crippen LogP contribution in [0.3, 0.4) is 0 Å². The van der Waals surface area contributed by atoms with Crippen LogP contribution in [0.1, 0.15) is 37.1 Å². The molecule has 4 rings (SSSR count). The van der Waals surface area contributed by atoms with Crippen LogP contribution in [-0.4, -0.2) is 27.0 Å². The van der Waals surface area contributed by atoms with E-state index in [1.165, 1.54) is 0 Å². The van der Waals surface area contributed by atoms with E-state index in [-0.39, 0.29) is 0 Å². The molecule has 0 aliphatic heterocycles. The maximum absolute atomic E-state index is 6.39. The zero-order valence-electron chi connectivity index (χ0n) is 14.2. The molecule has 0 bridgehead atoms. The van der Waals surface area contributed by atoms with Crippen LogP contribution >= 0.6 is 0 Å². The van der Waals surface area contributed by atoms with Gasteiger partial charge in [0.25, 0.3) is 5.89 Å². The molecule has 25 heavy (non-hydrogen) atoms. The highest BCUT2D eigenvalue weighted by molar-refractivity contribution is 5.49. The molecule has 3 aromatic rings. The van der Waals surface area contributed by atoms with E-state index in [2.05, 4.69) is 15.2 Å². The van der Waals surface area contributed by atoms with Crippen molar-refractivity contribution in [2.45, 2.75) is 37.8 Å². The van der Waals surface area contributed by atoms with Gasteiger partial charge in [-0.1, -0.05) is 30.1 Å². The zero-order chi connectivity index (χ0) is 17.3. The molecular formula is C18H21N5O2. The molecule has 0 spiro atoms. The summed E-state index contributed by atoms with van der Waals surface area (Å²) in [6.45, 7) is 0.659. The Bertz CT molecular complexity index is 846. The standard InChI is InChI=1S/C18H21N5O2/c1-24-15-6-4-13(5-7-15)11-23-12-14(10-20-23)16-21-17(22-25-16)18(19)8-2-3-9-18/h4-7,10,12H,2-3,8-9,11,19H2,1H3. The Balaban J connectivity index is 1.50. The molecule has 7 nitrogen and oxygen atoms in total. The number of aromatic nitrogens is 4. The molecule has 1 saturated carbocycles. The maximum Gasteiger partial charge on any atom is 0.261 e. The smallest absolute Gasteiger partial charge is 0.261 e. The van der Waals surface area contributed by atoms with E-state index < -0.39 is 5.54 Å². The largest absolute Gasteiger partial charge is 0.497 e. The third-order valence-electron chi connectivity index (χ3n) is 4.75. The number of hydrogen-bond acceptors (Lipinski definition) is 6. The lowest BCUT2D eigenvalue weighted by Gasteiger charge is -2.17. The third-order valence-corrected chi connectivity index (χ3v) is 4.75. The van der Waals surface area contributed by atoms with Crippen LogP contribution in [0.5, 0.6) is 5.75 Å². The predicted octanol–water partition coefficient (Wildman–Crippen LogP) is 2.72. The monoisotopic (exact) mass is 339 g/mol. The summed E-state index contributed by atoms with van der Waals surface area (Å²) >= 11 is 0. The van der Waals surface area contributed by atoms with Crippen molar-refractivity contribution in [3.05, 3.63) is 48.0 Å². The first-order valence-corrected chi connectivity index (χ1v) is 8.45. The van der Waals surface area contributed by atoms with Gasteiger partial charge in [0.2, 0.25) is 0 Å². The molecule has 1 fully saturated rings. The average Bonchev–Trinajstić information content (AvgIpc) is 3.36. The van der Waals surface area contributed by atoms with Crippen LogP contribution in [0.15, 0.2) is 41.2 Å². The first kappa shape index (κ1) is 15.8. The van der Waals surface area contributed by atoms with Crippen molar-refractivity contribution in [3.8, 4) is 17.2 Å². The fourth-order valence-electron chi connectivity index (χ4n) is 3.25. The summed E-state index contributed by atoms with van der Waals surface area (Å²) in [7, 11) is 1.66. The fourth-order valence-corrected chi connectivity index (χ4v) is 3.25. The fraction of sp³-hybridized carbons (Fsp3) is 0.389. The molecular weight excluding hydrogens is 318 g/mol. The second-order valence-corrected chi connectivity index (χ2v) is 6.56.